The molecule has 0 aliphatic heterocycles. The second-order valence-electron chi connectivity index (χ2n) is 5.58. The van der Waals surface area contributed by atoms with Crippen LogP contribution < -0.4 is 0 Å². The lowest BCUT2D eigenvalue weighted by molar-refractivity contribution is 0.572. The van der Waals surface area contributed by atoms with Crippen molar-refractivity contribution < 1.29 is 4.12 Å². The van der Waals surface area contributed by atoms with E-state index in [1.807, 2.05) is 0 Å². The first-order chi connectivity index (χ1) is 10.3. The predicted molar refractivity (Wildman–Crippen MR) is 96.6 cm³/mol. The fraction of sp³-hybridized carbons (Fsp3) is 0.333. The number of rotatable bonds is 8. The molecule has 0 bridgehead atoms. The van der Waals surface area contributed by atoms with Gasteiger partial charge in [-0.3, -0.25) is 0 Å². The van der Waals surface area contributed by atoms with Crippen LogP contribution in [0.4, 0.5) is 0 Å². The molecule has 0 aliphatic rings. The monoisotopic (exact) mass is 314 g/mol. The molecule has 2 aromatic carbocycles. The maximum Gasteiger partial charge on any atom is 0.171 e. The molecule has 0 fully saturated rings. The van der Waals surface area contributed by atoms with Crippen LogP contribution in [0.1, 0.15) is 25.0 Å². The van der Waals surface area contributed by atoms with E-state index in [1.54, 1.807) is 0 Å². The predicted octanol–water partition coefficient (Wildman–Crippen LogP) is 4.05. The quantitative estimate of drug-likeness (QED) is 0.668. The zero-order valence-electron chi connectivity index (χ0n) is 13.2. The van der Waals surface area contributed by atoms with Crippen LogP contribution in [0.25, 0.3) is 0 Å². The Morgan fingerprint density at radius 2 is 1.10 bits per heavy atom. The lowest BCUT2D eigenvalue weighted by atomic mass is 10.2. The third-order valence-corrected chi connectivity index (χ3v) is 10.7. The summed E-state index contributed by atoms with van der Waals surface area (Å²) in [5.41, 5.74) is 2.87. The molecule has 0 amide bonds. The third kappa shape index (κ3) is 5.61. The van der Waals surface area contributed by atoms with Gasteiger partial charge < -0.3 is 4.12 Å². The van der Waals surface area contributed by atoms with Gasteiger partial charge in [-0.25, -0.2) is 0 Å². The number of benzene rings is 2. The number of hydrogen-bond donors (Lipinski definition) is 0. The molecule has 0 spiro atoms. The van der Waals surface area contributed by atoms with Crippen molar-refractivity contribution in [3.05, 3.63) is 71.8 Å². The Bertz CT molecular complexity index is 456. The van der Waals surface area contributed by atoms with Gasteiger partial charge in [0.1, 0.15) is 0 Å². The van der Waals surface area contributed by atoms with Crippen molar-refractivity contribution in [2.75, 3.05) is 0 Å². The SMILES string of the molecule is CC[SiH](CC)O[SiH](Cc1ccccc1)Cc1ccccc1. The Morgan fingerprint density at radius 1 is 0.667 bits per heavy atom. The third-order valence-electron chi connectivity index (χ3n) is 3.91. The average molecular weight is 315 g/mol. The van der Waals surface area contributed by atoms with E-state index in [4.69, 9.17) is 4.12 Å². The minimum atomic E-state index is -1.22. The van der Waals surface area contributed by atoms with Gasteiger partial charge in [0, 0.05) is 0 Å². The molecule has 0 N–H and O–H groups in total. The van der Waals surface area contributed by atoms with E-state index in [0.717, 1.165) is 12.1 Å². The summed E-state index contributed by atoms with van der Waals surface area (Å²) in [4.78, 5) is 0. The van der Waals surface area contributed by atoms with E-state index >= 15 is 0 Å². The molecule has 0 atom stereocenters. The smallest absolute Gasteiger partial charge is 0.171 e. The van der Waals surface area contributed by atoms with Crippen molar-refractivity contribution in [1.29, 1.82) is 0 Å². The molecule has 0 aromatic heterocycles. The highest BCUT2D eigenvalue weighted by atomic mass is 28.4. The minimum Gasteiger partial charge on any atom is -0.459 e. The second kappa shape index (κ2) is 8.98. The molecule has 2 rings (SSSR count). The molecule has 0 aliphatic carbocycles. The van der Waals surface area contributed by atoms with Gasteiger partial charge in [0.15, 0.2) is 18.1 Å². The van der Waals surface area contributed by atoms with Crippen molar-refractivity contribution in [1.82, 2.24) is 0 Å². The Balaban J connectivity index is 2.06. The van der Waals surface area contributed by atoms with Crippen molar-refractivity contribution in [3.63, 3.8) is 0 Å². The first kappa shape index (κ1) is 16.2. The lowest BCUT2D eigenvalue weighted by Crippen LogP contribution is -2.32. The molecule has 112 valence electrons. The Kier molecular flexibility index (Phi) is 6.93. The summed E-state index contributed by atoms with van der Waals surface area (Å²) >= 11 is 0. The highest BCUT2D eigenvalue weighted by Gasteiger charge is 2.18. The molecule has 21 heavy (non-hydrogen) atoms. The molecule has 0 heterocycles. The van der Waals surface area contributed by atoms with E-state index in [-0.39, 0.29) is 0 Å². The first-order valence-corrected chi connectivity index (χ1v) is 12.3. The summed E-state index contributed by atoms with van der Waals surface area (Å²) in [7, 11) is -2.19. The Hall–Kier alpha value is -1.17. The van der Waals surface area contributed by atoms with Crippen molar-refractivity contribution in [2.45, 2.75) is 38.0 Å². The van der Waals surface area contributed by atoms with Crippen molar-refractivity contribution >= 4 is 18.1 Å². The first-order valence-electron chi connectivity index (χ1n) is 8.05. The van der Waals surface area contributed by atoms with Crippen LogP contribution in [0.5, 0.6) is 0 Å². The molecule has 0 saturated heterocycles. The summed E-state index contributed by atoms with van der Waals surface area (Å²) < 4.78 is 6.63. The van der Waals surface area contributed by atoms with Crippen LogP contribution in [0, 0.1) is 0 Å². The highest BCUT2D eigenvalue weighted by Crippen LogP contribution is 2.12. The van der Waals surface area contributed by atoms with Crippen LogP contribution >= 0.6 is 0 Å². The summed E-state index contributed by atoms with van der Waals surface area (Å²) in [6.45, 7) is 4.58. The van der Waals surface area contributed by atoms with Gasteiger partial charge in [-0.2, -0.15) is 0 Å². The Morgan fingerprint density at radius 3 is 1.48 bits per heavy atom. The average Bonchev–Trinajstić information content (AvgIpc) is 2.54. The van der Waals surface area contributed by atoms with Gasteiger partial charge in [-0.15, -0.1) is 0 Å². The number of hydrogen-bond acceptors (Lipinski definition) is 1. The molecule has 0 radical (unpaired) electrons. The van der Waals surface area contributed by atoms with E-state index in [1.165, 1.54) is 23.2 Å². The molecule has 2 aromatic rings. The zero-order chi connectivity index (χ0) is 14.9. The maximum atomic E-state index is 6.63. The van der Waals surface area contributed by atoms with E-state index in [9.17, 15) is 0 Å². The van der Waals surface area contributed by atoms with Gasteiger partial charge in [-0.1, -0.05) is 74.5 Å². The lowest BCUT2D eigenvalue weighted by Gasteiger charge is -2.22. The van der Waals surface area contributed by atoms with Gasteiger partial charge >= 0.3 is 0 Å². The summed E-state index contributed by atoms with van der Waals surface area (Å²) in [6, 6.07) is 26.5. The molecule has 0 unspecified atom stereocenters. The molecule has 0 saturated carbocycles. The van der Waals surface area contributed by atoms with Gasteiger partial charge in [0.2, 0.25) is 0 Å². The van der Waals surface area contributed by atoms with E-state index in [2.05, 4.69) is 74.5 Å². The zero-order valence-corrected chi connectivity index (χ0v) is 15.5. The molecular formula is C18H26OSi2. The minimum absolute atomic E-state index is 0.971. The standard InChI is InChI=1S/C18H26OSi2/c1-3-20(4-2)19-21(15-17-11-7-5-8-12-17)16-18-13-9-6-10-14-18/h5-14,20-21H,3-4,15-16H2,1-2H3. The van der Waals surface area contributed by atoms with Crippen LogP contribution in [0.2, 0.25) is 12.1 Å². The summed E-state index contributed by atoms with van der Waals surface area (Å²) in [5, 5.41) is 0. The van der Waals surface area contributed by atoms with Gasteiger partial charge in [0.05, 0.1) is 0 Å². The van der Waals surface area contributed by atoms with Crippen molar-refractivity contribution in [3.8, 4) is 0 Å². The summed E-state index contributed by atoms with van der Waals surface area (Å²) in [5.74, 6) is 0. The van der Waals surface area contributed by atoms with Crippen LogP contribution in [0.3, 0.4) is 0 Å². The van der Waals surface area contributed by atoms with Crippen LogP contribution in [-0.2, 0) is 16.2 Å². The van der Waals surface area contributed by atoms with Crippen LogP contribution in [0.15, 0.2) is 60.7 Å². The maximum absolute atomic E-state index is 6.63. The summed E-state index contributed by atoms with van der Waals surface area (Å²) in [6.07, 6.45) is 0. The molecule has 1 nitrogen and oxygen atoms in total. The largest absolute Gasteiger partial charge is 0.459 e. The van der Waals surface area contributed by atoms with Gasteiger partial charge in [0.25, 0.3) is 0 Å². The second-order valence-corrected chi connectivity index (χ2v) is 11.6. The molecule has 3 heteroatoms. The van der Waals surface area contributed by atoms with E-state index in [0.29, 0.717) is 0 Å². The fourth-order valence-corrected chi connectivity index (χ4v) is 9.48. The fourth-order valence-electron chi connectivity index (χ4n) is 2.68. The van der Waals surface area contributed by atoms with Crippen LogP contribution in [-0.4, -0.2) is 18.1 Å². The molecular weight excluding hydrogens is 288 g/mol. The normalized spacial score (nSPS) is 11.2. The van der Waals surface area contributed by atoms with Gasteiger partial charge in [-0.05, 0) is 35.3 Å². The highest BCUT2D eigenvalue weighted by molar-refractivity contribution is 6.65. The van der Waals surface area contributed by atoms with E-state index < -0.39 is 18.1 Å². The topological polar surface area (TPSA) is 9.23 Å². The van der Waals surface area contributed by atoms with Crippen molar-refractivity contribution in [2.24, 2.45) is 0 Å². The Labute approximate surface area is 132 Å².